The SMILES string of the molecule is CCOC1CC(Nc2ccc([N+](=O)[O-])c(S(C)(=O)=O)c2)C12CCCC2. The molecule has 1 N–H and O–H groups in total. The first kappa shape index (κ1) is 18.1. The van der Waals surface area contributed by atoms with Crippen LogP contribution in [0.3, 0.4) is 0 Å². The van der Waals surface area contributed by atoms with Crippen LogP contribution in [0.4, 0.5) is 11.4 Å². The van der Waals surface area contributed by atoms with E-state index in [9.17, 15) is 18.5 Å². The molecule has 0 aliphatic heterocycles. The molecule has 7 nitrogen and oxygen atoms in total. The molecule has 0 amide bonds. The largest absolute Gasteiger partial charge is 0.382 e. The molecule has 0 saturated heterocycles. The predicted molar refractivity (Wildman–Crippen MR) is 94.5 cm³/mol. The number of anilines is 1. The molecule has 2 atom stereocenters. The molecule has 0 heterocycles. The van der Waals surface area contributed by atoms with Crippen LogP contribution in [-0.4, -0.2) is 38.3 Å². The van der Waals surface area contributed by atoms with E-state index in [1.54, 1.807) is 6.07 Å². The van der Waals surface area contributed by atoms with Gasteiger partial charge >= 0.3 is 0 Å². The maximum atomic E-state index is 11.9. The fourth-order valence-corrected chi connectivity index (χ4v) is 5.21. The lowest BCUT2D eigenvalue weighted by Gasteiger charge is -2.54. The van der Waals surface area contributed by atoms with Gasteiger partial charge in [0.05, 0.1) is 11.0 Å². The van der Waals surface area contributed by atoms with Gasteiger partial charge in [0.2, 0.25) is 0 Å². The van der Waals surface area contributed by atoms with E-state index in [-0.39, 0.29) is 28.1 Å². The zero-order chi connectivity index (χ0) is 18.2. The Balaban J connectivity index is 1.85. The van der Waals surface area contributed by atoms with Gasteiger partial charge in [-0.25, -0.2) is 8.42 Å². The van der Waals surface area contributed by atoms with Crippen LogP contribution in [0.2, 0.25) is 0 Å². The minimum absolute atomic E-state index is 0.100. The van der Waals surface area contributed by atoms with Gasteiger partial charge in [-0.15, -0.1) is 0 Å². The predicted octanol–water partition coefficient (Wildman–Crippen LogP) is 3.15. The molecule has 2 fully saturated rings. The Morgan fingerprint density at radius 2 is 2.04 bits per heavy atom. The van der Waals surface area contributed by atoms with E-state index in [1.165, 1.54) is 25.0 Å². The van der Waals surface area contributed by atoms with Crippen molar-refractivity contribution in [3.05, 3.63) is 28.3 Å². The summed E-state index contributed by atoms with van der Waals surface area (Å²) in [6.45, 7) is 2.69. The number of nitro groups is 1. The fourth-order valence-electron chi connectivity index (χ4n) is 4.34. The van der Waals surface area contributed by atoms with Crippen molar-refractivity contribution < 1.29 is 18.1 Å². The van der Waals surface area contributed by atoms with Crippen LogP contribution in [0.5, 0.6) is 0 Å². The summed E-state index contributed by atoms with van der Waals surface area (Å²) in [4.78, 5) is 10.2. The number of benzene rings is 1. The lowest BCUT2D eigenvalue weighted by Crippen LogP contribution is -2.60. The monoisotopic (exact) mass is 368 g/mol. The first-order chi connectivity index (χ1) is 11.8. The Kier molecular flexibility index (Phi) is 4.76. The second kappa shape index (κ2) is 6.57. The van der Waals surface area contributed by atoms with Crippen LogP contribution in [0, 0.1) is 15.5 Å². The topological polar surface area (TPSA) is 98.5 Å². The van der Waals surface area contributed by atoms with Crippen LogP contribution in [0.1, 0.15) is 39.0 Å². The van der Waals surface area contributed by atoms with Gasteiger partial charge in [0.15, 0.2) is 9.84 Å². The van der Waals surface area contributed by atoms with Crippen molar-refractivity contribution in [3.8, 4) is 0 Å². The number of ether oxygens (including phenoxy) is 1. The van der Waals surface area contributed by atoms with Crippen molar-refractivity contribution >= 4 is 21.2 Å². The van der Waals surface area contributed by atoms with Gasteiger partial charge in [-0.2, -0.15) is 0 Å². The molecule has 2 aliphatic rings. The molecule has 2 unspecified atom stereocenters. The first-order valence-corrected chi connectivity index (χ1v) is 10.5. The Bertz CT molecular complexity index is 771. The molecule has 138 valence electrons. The Hall–Kier alpha value is -1.67. The van der Waals surface area contributed by atoms with Crippen LogP contribution >= 0.6 is 0 Å². The third kappa shape index (κ3) is 3.25. The number of sulfone groups is 1. The molecule has 1 aromatic carbocycles. The van der Waals surface area contributed by atoms with Crippen LogP contribution < -0.4 is 5.32 Å². The zero-order valence-electron chi connectivity index (χ0n) is 14.5. The van der Waals surface area contributed by atoms with Gasteiger partial charge < -0.3 is 10.1 Å². The van der Waals surface area contributed by atoms with Crippen molar-refractivity contribution in [2.75, 3.05) is 18.2 Å². The number of rotatable bonds is 6. The van der Waals surface area contributed by atoms with Crippen molar-refractivity contribution in [2.45, 2.75) is 56.1 Å². The zero-order valence-corrected chi connectivity index (χ0v) is 15.3. The van der Waals surface area contributed by atoms with Crippen LogP contribution in [0.25, 0.3) is 0 Å². The summed E-state index contributed by atoms with van der Waals surface area (Å²) in [5.41, 5.74) is 0.324. The van der Waals surface area contributed by atoms with Crippen molar-refractivity contribution in [2.24, 2.45) is 5.41 Å². The Labute approximate surface area is 147 Å². The molecular formula is C17H24N2O5S. The Morgan fingerprint density at radius 1 is 1.36 bits per heavy atom. The van der Waals surface area contributed by atoms with E-state index < -0.39 is 14.8 Å². The van der Waals surface area contributed by atoms with E-state index in [0.29, 0.717) is 12.3 Å². The smallest absolute Gasteiger partial charge is 0.288 e. The fraction of sp³-hybridized carbons (Fsp3) is 0.647. The lowest BCUT2D eigenvalue weighted by atomic mass is 9.60. The lowest BCUT2D eigenvalue weighted by molar-refractivity contribution is -0.387. The van der Waals surface area contributed by atoms with Gasteiger partial charge in [-0.3, -0.25) is 10.1 Å². The Morgan fingerprint density at radius 3 is 2.60 bits per heavy atom. The number of nitrogens with one attached hydrogen (secondary N) is 1. The average molecular weight is 368 g/mol. The standard InChI is InChI=1S/C17H24N2O5S/c1-3-24-16-11-15(17(16)8-4-5-9-17)18-12-6-7-13(19(20)21)14(10-12)25(2,22)23/h6-7,10,15-16,18H,3-5,8-9,11H2,1-2H3. The highest BCUT2D eigenvalue weighted by Gasteiger charge is 2.56. The highest BCUT2D eigenvalue weighted by Crippen LogP contribution is 2.55. The van der Waals surface area contributed by atoms with E-state index in [0.717, 1.165) is 25.5 Å². The minimum Gasteiger partial charge on any atom is -0.382 e. The molecular weight excluding hydrogens is 344 g/mol. The molecule has 3 rings (SSSR count). The summed E-state index contributed by atoms with van der Waals surface area (Å²) in [6.07, 6.45) is 6.66. The molecule has 2 saturated carbocycles. The van der Waals surface area contributed by atoms with E-state index in [4.69, 9.17) is 4.74 Å². The summed E-state index contributed by atoms with van der Waals surface area (Å²) >= 11 is 0. The molecule has 0 aromatic heterocycles. The third-order valence-electron chi connectivity index (χ3n) is 5.58. The summed E-state index contributed by atoms with van der Waals surface area (Å²) in [5, 5.41) is 14.5. The van der Waals surface area contributed by atoms with E-state index >= 15 is 0 Å². The van der Waals surface area contributed by atoms with Gasteiger partial charge in [-0.1, -0.05) is 12.8 Å². The summed E-state index contributed by atoms with van der Waals surface area (Å²) in [5.74, 6) is 0. The van der Waals surface area contributed by atoms with Crippen molar-refractivity contribution in [1.82, 2.24) is 0 Å². The molecule has 25 heavy (non-hydrogen) atoms. The van der Waals surface area contributed by atoms with Gasteiger partial charge in [-0.05, 0) is 38.3 Å². The summed E-state index contributed by atoms with van der Waals surface area (Å²) in [6, 6.07) is 4.44. The second-order valence-corrected chi connectivity index (χ2v) is 9.01. The number of nitro benzene ring substituents is 1. The maximum absolute atomic E-state index is 11.9. The summed E-state index contributed by atoms with van der Waals surface area (Å²) in [7, 11) is -3.68. The minimum atomic E-state index is -3.68. The van der Waals surface area contributed by atoms with Crippen molar-refractivity contribution in [3.63, 3.8) is 0 Å². The molecule has 0 bridgehead atoms. The average Bonchev–Trinajstić information content (AvgIpc) is 3.05. The molecule has 1 aromatic rings. The molecule has 0 radical (unpaired) electrons. The van der Waals surface area contributed by atoms with E-state index in [2.05, 4.69) is 5.32 Å². The molecule has 8 heteroatoms. The van der Waals surface area contributed by atoms with Crippen LogP contribution in [-0.2, 0) is 14.6 Å². The molecule has 2 aliphatic carbocycles. The van der Waals surface area contributed by atoms with Crippen molar-refractivity contribution in [1.29, 1.82) is 0 Å². The third-order valence-corrected chi connectivity index (χ3v) is 6.71. The highest BCUT2D eigenvalue weighted by atomic mass is 32.2. The van der Waals surface area contributed by atoms with Crippen LogP contribution in [0.15, 0.2) is 23.1 Å². The number of nitrogens with zero attached hydrogens (tertiary/aromatic N) is 1. The molecule has 1 spiro atoms. The van der Waals surface area contributed by atoms with Gasteiger partial charge in [0.1, 0.15) is 4.90 Å². The number of hydrogen-bond donors (Lipinski definition) is 1. The maximum Gasteiger partial charge on any atom is 0.288 e. The van der Waals surface area contributed by atoms with E-state index in [1.807, 2.05) is 6.92 Å². The highest BCUT2D eigenvalue weighted by molar-refractivity contribution is 7.90. The first-order valence-electron chi connectivity index (χ1n) is 8.64. The quantitative estimate of drug-likeness (QED) is 0.612. The summed E-state index contributed by atoms with van der Waals surface area (Å²) < 4.78 is 29.7. The van der Waals surface area contributed by atoms with Gasteiger partial charge in [0, 0.05) is 36.1 Å². The van der Waals surface area contributed by atoms with Gasteiger partial charge in [0.25, 0.3) is 5.69 Å². The second-order valence-electron chi connectivity index (χ2n) is 7.03. The normalized spacial score (nSPS) is 24.9. The number of hydrogen-bond acceptors (Lipinski definition) is 6.